The number of hydrogen-bond acceptors (Lipinski definition) is 2. The molecule has 1 aliphatic rings. The van der Waals surface area contributed by atoms with E-state index < -0.39 is 18.3 Å². The van der Waals surface area contributed by atoms with Crippen molar-refractivity contribution >= 4 is 12.6 Å². The highest BCUT2D eigenvalue weighted by molar-refractivity contribution is 6.62. The van der Waals surface area contributed by atoms with Crippen molar-refractivity contribution in [2.24, 2.45) is 0 Å². The monoisotopic (exact) mass is 261 g/mol. The van der Waals surface area contributed by atoms with Gasteiger partial charge in [-0.25, -0.2) is 11.0 Å². The molecule has 0 spiro atoms. The van der Waals surface area contributed by atoms with Crippen LogP contribution in [-0.2, 0) is 15.9 Å². The van der Waals surface area contributed by atoms with E-state index in [2.05, 4.69) is 4.85 Å². The van der Waals surface area contributed by atoms with Crippen LogP contribution in [0.3, 0.4) is 0 Å². The van der Waals surface area contributed by atoms with E-state index in [1.54, 1.807) is 12.1 Å². The second-order valence-electron chi connectivity index (χ2n) is 5.76. The Morgan fingerprint density at radius 1 is 1.21 bits per heavy atom. The van der Waals surface area contributed by atoms with Gasteiger partial charge in [-0.3, -0.25) is 0 Å². The average molecular weight is 261 g/mol. The molecular weight excluding hydrogens is 244 g/mol. The molecule has 19 heavy (non-hydrogen) atoms. The van der Waals surface area contributed by atoms with Gasteiger partial charge in [0.15, 0.2) is 0 Å². The lowest BCUT2D eigenvalue weighted by atomic mass is 9.78. The molecule has 1 aromatic rings. The standard InChI is InChI=1S/C14H17BFNO2/c1-13(2)14(3,4)19-15(18-13)11-8-10(9-17-5)6-7-12(11)16/h6-8H,9H2,1-4H3. The summed E-state index contributed by atoms with van der Waals surface area (Å²) in [6.07, 6.45) is 0. The first kappa shape index (κ1) is 14.0. The van der Waals surface area contributed by atoms with Crippen LogP contribution in [0.1, 0.15) is 33.3 Å². The second kappa shape index (κ2) is 4.62. The number of rotatable bonds is 2. The maximum absolute atomic E-state index is 13.9. The predicted octanol–water partition coefficient (Wildman–Crippen LogP) is 2.54. The van der Waals surface area contributed by atoms with Crippen LogP contribution >= 0.6 is 0 Å². The normalized spacial score (nSPS) is 20.3. The molecular formula is C14H17BFNO2. The first-order valence-corrected chi connectivity index (χ1v) is 6.24. The summed E-state index contributed by atoms with van der Waals surface area (Å²) in [7, 11) is -0.726. The van der Waals surface area contributed by atoms with Crippen molar-refractivity contribution in [2.75, 3.05) is 0 Å². The predicted molar refractivity (Wildman–Crippen MR) is 72.4 cm³/mol. The summed E-state index contributed by atoms with van der Waals surface area (Å²) in [6.45, 7) is 14.8. The van der Waals surface area contributed by atoms with Crippen molar-refractivity contribution in [1.82, 2.24) is 0 Å². The van der Waals surface area contributed by atoms with E-state index in [9.17, 15) is 4.39 Å². The van der Waals surface area contributed by atoms with Crippen molar-refractivity contribution in [3.05, 3.63) is 41.0 Å². The van der Waals surface area contributed by atoms with Crippen molar-refractivity contribution in [3.63, 3.8) is 0 Å². The van der Waals surface area contributed by atoms with Gasteiger partial charge < -0.3 is 14.2 Å². The quantitative estimate of drug-likeness (QED) is 0.603. The average Bonchev–Trinajstić information content (AvgIpc) is 2.51. The van der Waals surface area contributed by atoms with E-state index in [0.29, 0.717) is 5.46 Å². The van der Waals surface area contributed by atoms with Gasteiger partial charge in [0.05, 0.1) is 11.2 Å². The summed E-state index contributed by atoms with van der Waals surface area (Å²) < 4.78 is 25.6. The highest BCUT2D eigenvalue weighted by atomic mass is 19.1. The maximum Gasteiger partial charge on any atom is 0.497 e. The van der Waals surface area contributed by atoms with Gasteiger partial charge in [-0.05, 0) is 45.9 Å². The zero-order chi connectivity index (χ0) is 14.3. The number of benzene rings is 1. The van der Waals surface area contributed by atoms with E-state index in [-0.39, 0.29) is 12.4 Å². The van der Waals surface area contributed by atoms with Crippen LogP contribution in [0.25, 0.3) is 4.85 Å². The molecule has 1 aromatic carbocycles. The van der Waals surface area contributed by atoms with Crippen LogP contribution in [0.15, 0.2) is 18.2 Å². The zero-order valence-electron chi connectivity index (χ0n) is 11.7. The minimum atomic E-state index is -0.726. The van der Waals surface area contributed by atoms with Gasteiger partial charge in [0.25, 0.3) is 0 Å². The Hall–Kier alpha value is -1.38. The Kier molecular flexibility index (Phi) is 3.42. The Bertz CT molecular complexity index is 521. The summed E-state index contributed by atoms with van der Waals surface area (Å²) in [6, 6.07) is 4.62. The summed E-state index contributed by atoms with van der Waals surface area (Å²) >= 11 is 0. The molecule has 0 unspecified atom stereocenters. The molecule has 3 nitrogen and oxygen atoms in total. The highest BCUT2D eigenvalue weighted by Crippen LogP contribution is 2.36. The molecule has 5 heteroatoms. The molecule has 1 heterocycles. The van der Waals surface area contributed by atoms with E-state index in [0.717, 1.165) is 5.56 Å². The zero-order valence-corrected chi connectivity index (χ0v) is 11.7. The minimum Gasteiger partial charge on any atom is -0.399 e. The molecule has 0 atom stereocenters. The lowest BCUT2D eigenvalue weighted by Gasteiger charge is -2.32. The van der Waals surface area contributed by atoms with Gasteiger partial charge in [-0.15, -0.1) is 0 Å². The third-order valence-electron chi connectivity index (χ3n) is 3.83. The van der Waals surface area contributed by atoms with Crippen molar-refractivity contribution in [2.45, 2.75) is 45.4 Å². The van der Waals surface area contributed by atoms with Crippen molar-refractivity contribution in [1.29, 1.82) is 0 Å². The molecule has 100 valence electrons. The molecule has 2 rings (SSSR count). The first-order valence-electron chi connectivity index (χ1n) is 6.24. The topological polar surface area (TPSA) is 22.8 Å². The summed E-state index contributed by atoms with van der Waals surface area (Å²) in [5, 5.41) is 0. The van der Waals surface area contributed by atoms with Crippen LogP contribution < -0.4 is 5.46 Å². The maximum atomic E-state index is 13.9. The second-order valence-corrected chi connectivity index (χ2v) is 5.76. The lowest BCUT2D eigenvalue weighted by Crippen LogP contribution is -2.41. The summed E-state index contributed by atoms with van der Waals surface area (Å²) in [4.78, 5) is 3.31. The SMILES string of the molecule is [C-]#[N+]Cc1ccc(F)c(B2OC(C)(C)C(C)(C)O2)c1. The molecule has 1 aliphatic heterocycles. The van der Waals surface area contributed by atoms with E-state index in [1.807, 2.05) is 27.7 Å². The largest absolute Gasteiger partial charge is 0.497 e. The van der Waals surface area contributed by atoms with E-state index in [1.165, 1.54) is 6.07 Å². The first-order chi connectivity index (χ1) is 8.77. The van der Waals surface area contributed by atoms with Crippen LogP contribution in [0.5, 0.6) is 0 Å². The Morgan fingerprint density at radius 2 is 1.79 bits per heavy atom. The third-order valence-corrected chi connectivity index (χ3v) is 3.83. The minimum absolute atomic E-state index is 0.229. The van der Waals surface area contributed by atoms with Gasteiger partial charge in [-0.2, -0.15) is 0 Å². The Labute approximate surface area is 113 Å². The van der Waals surface area contributed by atoms with Crippen molar-refractivity contribution in [3.8, 4) is 0 Å². The molecule has 0 radical (unpaired) electrons. The number of nitrogens with zero attached hydrogens (tertiary/aromatic N) is 1. The van der Waals surface area contributed by atoms with Gasteiger partial charge >= 0.3 is 7.12 Å². The molecule has 1 saturated heterocycles. The van der Waals surface area contributed by atoms with Crippen LogP contribution in [0, 0.1) is 12.4 Å². The number of halogens is 1. The van der Waals surface area contributed by atoms with E-state index >= 15 is 0 Å². The van der Waals surface area contributed by atoms with Gasteiger partial charge in [-0.1, -0.05) is 0 Å². The number of hydrogen-bond donors (Lipinski definition) is 0. The molecule has 0 aliphatic carbocycles. The molecule has 1 fully saturated rings. The molecule has 0 saturated carbocycles. The van der Waals surface area contributed by atoms with Gasteiger partial charge in [0, 0.05) is 11.0 Å². The van der Waals surface area contributed by atoms with Crippen LogP contribution in [0.4, 0.5) is 4.39 Å². The fourth-order valence-corrected chi connectivity index (χ4v) is 1.93. The lowest BCUT2D eigenvalue weighted by molar-refractivity contribution is 0.00578. The van der Waals surface area contributed by atoms with Crippen LogP contribution in [-0.4, -0.2) is 18.3 Å². The highest BCUT2D eigenvalue weighted by Gasteiger charge is 2.52. The third kappa shape index (κ3) is 2.51. The van der Waals surface area contributed by atoms with Crippen LogP contribution in [0.2, 0.25) is 0 Å². The van der Waals surface area contributed by atoms with Crippen molar-refractivity contribution < 1.29 is 13.7 Å². The smallest absolute Gasteiger partial charge is 0.399 e. The molecule has 0 aromatic heterocycles. The Balaban J connectivity index is 2.34. The fraction of sp³-hybridized carbons (Fsp3) is 0.500. The van der Waals surface area contributed by atoms with Gasteiger partial charge in [0.1, 0.15) is 5.82 Å². The summed E-state index contributed by atoms with van der Waals surface area (Å²) in [5.41, 5.74) is 0.126. The molecule has 0 N–H and O–H groups in total. The Morgan fingerprint density at radius 3 is 2.32 bits per heavy atom. The molecule has 0 bridgehead atoms. The van der Waals surface area contributed by atoms with E-state index in [4.69, 9.17) is 15.9 Å². The summed E-state index contributed by atoms with van der Waals surface area (Å²) in [5.74, 6) is -0.368. The molecule has 0 amide bonds. The van der Waals surface area contributed by atoms with Gasteiger partial charge in [0.2, 0.25) is 6.54 Å². The fourth-order valence-electron chi connectivity index (χ4n) is 1.93.